The monoisotopic (exact) mass is 372 g/mol. The molecule has 3 aromatic rings. The number of hydrogen-bond acceptors (Lipinski definition) is 5. The fraction of sp³-hybridized carbons (Fsp3) is 0.143. The number of fused-ring (bicyclic) bond motifs is 2. The Balaban J connectivity index is 1.58. The van der Waals surface area contributed by atoms with Crippen LogP contribution in [0.5, 0.6) is 0 Å². The van der Waals surface area contributed by atoms with Crippen molar-refractivity contribution in [3.05, 3.63) is 72.2 Å². The molecule has 0 saturated heterocycles. The van der Waals surface area contributed by atoms with Crippen LogP contribution >= 0.6 is 0 Å². The molecule has 140 valence electrons. The number of pyridine rings is 1. The third kappa shape index (κ3) is 3.37. The SMILES string of the molecule is CN1C=Cc2cc(C(CN)C(=O)Nc3ccc4cnccc4c3)ccc2B1O. The first kappa shape index (κ1) is 18.2. The Kier molecular flexibility index (Phi) is 4.85. The number of nitrogens with two attached hydrogens (primary N) is 1. The fourth-order valence-corrected chi connectivity index (χ4v) is 3.47. The van der Waals surface area contributed by atoms with E-state index in [2.05, 4.69) is 10.3 Å². The summed E-state index contributed by atoms with van der Waals surface area (Å²) in [5.41, 5.74) is 9.18. The first-order chi connectivity index (χ1) is 13.6. The fourth-order valence-electron chi connectivity index (χ4n) is 3.47. The number of hydrogen-bond donors (Lipinski definition) is 3. The van der Waals surface area contributed by atoms with Crippen LogP contribution < -0.4 is 16.5 Å². The van der Waals surface area contributed by atoms with Gasteiger partial charge in [0.15, 0.2) is 0 Å². The molecular formula is C21H21BN4O2. The summed E-state index contributed by atoms with van der Waals surface area (Å²) in [6.45, 7) is 0.189. The summed E-state index contributed by atoms with van der Waals surface area (Å²) in [5.74, 6) is -0.642. The van der Waals surface area contributed by atoms with Gasteiger partial charge in [0, 0.05) is 30.0 Å². The van der Waals surface area contributed by atoms with Crippen LogP contribution in [0.3, 0.4) is 0 Å². The molecule has 2 aromatic carbocycles. The molecule has 1 atom stereocenters. The second-order valence-corrected chi connectivity index (χ2v) is 6.96. The van der Waals surface area contributed by atoms with E-state index in [-0.39, 0.29) is 12.5 Å². The number of nitrogens with zero attached hydrogens (tertiary/aromatic N) is 2. The topological polar surface area (TPSA) is 91.5 Å². The Hall–Kier alpha value is -3.16. The highest BCUT2D eigenvalue weighted by molar-refractivity contribution is 6.65. The van der Waals surface area contributed by atoms with Crippen molar-refractivity contribution in [1.29, 1.82) is 0 Å². The van der Waals surface area contributed by atoms with E-state index in [0.717, 1.165) is 33.0 Å². The molecule has 7 heteroatoms. The van der Waals surface area contributed by atoms with Gasteiger partial charge in [-0.25, -0.2) is 0 Å². The smallest absolute Gasteiger partial charge is 0.429 e. The zero-order valence-corrected chi connectivity index (χ0v) is 15.5. The third-order valence-corrected chi connectivity index (χ3v) is 5.13. The van der Waals surface area contributed by atoms with Crippen molar-refractivity contribution in [1.82, 2.24) is 9.79 Å². The average Bonchev–Trinajstić information content (AvgIpc) is 2.71. The number of anilines is 1. The van der Waals surface area contributed by atoms with Gasteiger partial charge < -0.3 is 20.9 Å². The van der Waals surface area contributed by atoms with E-state index in [1.165, 1.54) is 0 Å². The summed E-state index contributed by atoms with van der Waals surface area (Å²) in [6.07, 6.45) is 7.26. The van der Waals surface area contributed by atoms with Crippen LogP contribution in [0.25, 0.3) is 16.8 Å². The Morgan fingerprint density at radius 2 is 2.11 bits per heavy atom. The maximum Gasteiger partial charge on any atom is 0.449 e. The first-order valence-electron chi connectivity index (χ1n) is 9.13. The Morgan fingerprint density at radius 1 is 1.25 bits per heavy atom. The lowest BCUT2D eigenvalue weighted by Crippen LogP contribution is -2.46. The summed E-state index contributed by atoms with van der Waals surface area (Å²) >= 11 is 0. The number of benzene rings is 2. The maximum absolute atomic E-state index is 12.9. The summed E-state index contributed by atoms with van der Waals surface area (Å²) in [7, 11) is 1.12. The summed E-state index contributed by atoms with van der Waals surface area (Å²) in [6, 6.07) is 13.2. The van der Waals surface area contributed by atoms with Crippen molar-refractivity contribution in [2.45, 2.75) is 5.92 Å². The largest absolute Gasteiger partial charge is 0.449 e. The summed E-state index contributed by atoms with van der Waals surface area (Å²) in [4.78, 5) is 18.7. The van der Waals surface area contributed by atoms with Crippen LogP contribution in [0.1, 0.15) is 17.0 Å². The van der Waals surface area contributed by atoms with Gasteiger partial charge in [-0.3, -0.25) is 9.78 Å². The van der Waals surface area contributed by atoms with Gasteiger partial charge in [0.2, 0.25) is 5.91 Å². The standard InChI is InChI=1S/C21H21BN4O2/c1-26-9-7-16-10-15(3-5-20(16)22(26)28)19(12-23)21(27)25-18-4-2-17-13-24-8-6-14(17)11-18/h2-11,13,19,28H,12,23H2,1H3,(H,25,27). The van der Waals surface area contributed by atoms with Crippen LogP contribution in [0.15, 0.2) is 61.1 Å². The molecule has 4 N–H and O–H groups in total. The van der Waals surface area contributed by atoms with Crippen molar-refractivity contribution in [3.63, 3.8) is 0 Å². The van der Waals surface area contributed by atoms with Crippen LogP contribution in [0, 0.1) is 0 Å². The highest BCUT2D eigenvalue weighted by Gasteiger charge is 2.27. The second kappa shape index (κ2) is 7.46. The molecule has 0 fully saturated rings. The van der Waals surface area contributed by atoms with Crippen LogP contribution in [-0.4, -0.2) is 41.4 Å². The van der Waals surface area contributed by atoms with Gasteiger partial charge in [-0.1, -0.05) is 24.3 Å². The van der Waals surface area contributed by atoms with Gasteiger partial charge >= 0.3 is 7.05 Å². The van der Waals surface area contributed by atoms with E-state index in [1.807, 2.05) is 61.8 Å². The van der Waals surface area contributed by atoms with E-state index < -0.39 is 13.0 Å². The van der Waals surface area contributed by atoms with Gasteiger partial charge in [-0.15, -0.1) is 0 Å². The minimum Gasteiger partial charge on any atom is -0.429 e. The molecule has 0 saturated carbocycles. The summed E-state index contributed by atoms with van der Waals surface area (Å²) in [5, 5.41) is 15.3. The van der Waals surface area contributed by atoms with Crippen LogP contribution in [-0.2, 0) is 4.79 Å². The molecule has 1 unspecified atom stereocenters. The first-order valence-corrected chi connectivity index (χ1v) is 9.13. The predicted octanol–water partition coefficient (Wildman–Crippen LogP) is 1.52. The third-order valence-electron chi connectivity index (χ3n) is 5.13. The van der Waals surface area contributed by atoms with Gasteiger partial charge in [0.25, 0.3) is 0 Å². The van der Waals surface area contributed by atoms with E-state index in [9.17, 15) is 9.82 Å². The molecular weight excluding hydrogens is 351 g/mol. The van der Waals surface area contributed by atoms with E-state index in [4.69, 9.17) is 5.73 Å². The minimum absolute atomic E-state index is 0.159. The zero-order valence-electron chi connectivity index (χ0n) is 15.5. The minimum atomic E-state index is -0.689. The number of nitrogens with one attached hydrogen (secondary N) is 1. The molecule has 28 heavy (non-hydrogen) atoms. The molecule has 0 bridgehead atoms. The van der Waals surface area contributed by atoms with Gasteiger partial charge in [0.05, 0.1) is 5.92 Å². The van der Waals surface area contributed by atoms with Crippen molar-refractivity contribution in [3.8, 4) is 0 Å². The molecule has 0 aliphatic carbocycles. The average molecular weight is 372 g/mol. The Morgan fingerprint density at radius 3 is 2.93 bits per heavy atom. The maximum atomic E-state index is 12.9. The quantitative estimate of drug-likeness (QED) is 0.604. The van der Waals surface area contributed by atoms with Crippen molar-refractivity contribution >= 4 is 41.0 Å². The molecule has 2 heterocycles. The Bertz CT molecular complexity index is 1070. The Labute approximate surface area is 163 Å². The molecule has 4 rings (SSSR count). The molecule has 0 spiro atoms. The van der Waals surface area contributed by atoms with Crippen LogP contribution in [0.4, 0.5) is 5.69 Å². The zero-order chi connectivity index (χ0) is 19.7. The van der Waals surface area contributed by atoms with Crippen molar-refractivity contribution in [2.75, 3.05) is 18.9 Å². The highest BCUT2D eigenvalue weighted by atomic mass is 16.2. The molecule has 0 radical (unpaired) electrons. The lowest BCUT2D eigenvalue weighted by Gasteiger charge is -2.25. The summed E-state index contributed by atoms with van der Waals surface area (Å²) < 4.78 is 0. The number of rotatable bonds is 4. The lowest BCUT2D eigenvalue weighted by molar-refractivity contribution is -0.117. The normalized spacial score (nSPS) is 14.1. The number of carbonyl (C=O) groups excluding carboxylic acids is 1. The lowest BCUT2D eigenvalue weighted by atomic mass is 9.67. The van der Waals surface area contributed by atoms with Gasteiger partial charge in [-0.2, -0.15) is 0 Å². The molecule has 1 amide bonds. The van der Waals surface area contributed by atoms with Crippen molar-refractivity contribution in [2.24, 2.45) is 5.73 Å². The molecule has 1 aromatic heterocycles. The number of carbonyl (C=O) groups is 1. The number of amides is 1. The van der Waals surface area contributed by atoms with Crippen molar-refractivity contribution < 1.29 is 9.82 Å². The van der Waals surface area contributed by atoms with E-state index >= 15 is 0 Å². The molecule has 1 aliphatic rings. The van der Waals surface area contributed by atoms with Gasteiger partial charge in [-0.05, 0) is 59.5 Å². The van der Waals surface area contributed by atoms with Crippen LogP contribution in [0.2, 0.25) is 0 Å². The van der Waals surface area contributed by atoms with Gasteiger partial charge in [0.1, 0.15) is 0 Å². The van der Waals surface area contributed by atoms with E-state index in [0.29, 0.717) is 0 Å². The molecule has 1 aliphatic heterocycles. The second-order valence-electron chi connectivity index (χ2n) is 6.96. The predicted molar refractivity (Wildman–Crippen MR) is 113 cm³/mol. The highest BCUT2D eigenvalue weighted by Crippen LogP contribution is 2.22. The molecule has 6 nitrogen and oxygen atoms in total. The van der Waals surface area contributed by atoms with E-state index in [1.54, 1.807) is 17.2 Å². The number of aromatic nitrogens is 1.